The summed E-state index contributed by atoms with van der Waals surface area (Å²) < 4.78 is 27.0. The van der Waals surface area contributed by atoms with E-state index in [2.05, 4.69) is 5.32 Å². The van der Waals surface area contributed by atoms with Gasteiger partial charge in [0, 0.05) is 18.1 Å². The Morgan fingerprint density at radius 1 is 1.13 bits per heavy atom. The maximum absolute atomic E-state index is 13.5. The Hall–Kier alpha value is -2.53. The van der Waals surface area contributed by atoms with Gasteiger partial charge in [-0.15, -0.1) is 0 Å². The number of rotatable bonds is 3. The van der Waals surface area contributed by atoms with Crippen LogP contribution in [-0.4, -0.2) is 17.1 Å². The van der Waals surface area contributed by atoms with Crippen LogP contribution in [0.4, 0.5) is 8.78 Å². The van der Waals surface area contributed by atoms with Crippen LogP contribution in [0.2, 0.25) is 0 Å². The average molecular weight is 315 g/mol. The second kappa shape index (κ2) is 6.30. The molecule has 0 saturated carbocycles. The van der Waals surface area contributed by atoms with Crippen LogP contribution >= 0.6 is 0 Å². The highest BCUT2D eigenvalue weighted by atomic mass is 19.1. The standard InChI is InChI=1S/C18H15F2NO2/c19-14-6-3-7-15(20)13(14)8-9-17(23)21-18-12-5-2-1-4-11(12)10-16(18)22/h1-9,16,18,22H,10H2,(H,21,23)/b9-8+/t16-,18+/m1/s1. The fourth-order valence-corrected chi connectivity index (χ4v) is 2.78. The van der Waals surface area contributed by atoms with Crippen molar-refractivity contribution in [3.8, 4) is 0 Å². The van der Waals surface area contributed by atoms with Crippen LogP contribution in [0.1, 0.15) is 22.7 Å². The molecule has 1 amide bonds. The summed E-state index contributed by atoms with van der Waals surface area (Å²) >= 11 is 0. The number of nitrogens with one attached hydrogen (secondary N) is 1. The molecule has 0 heterocycles. The van der Waals surface area contributed by atoms with E-state index in [-0.39, 0.29) is 5.56 Å². The van der Waals surface area contributed by atoms with Crippen LogP contribution in [0.25, 0.3) is 6.08 Å². The molecule has 1 aliphatic rings. The summed E-state index contributed by atoms with van der Waals surface area (Å²) in [4.78, 5) is 12.0. The minimum absolute atomic E-state index is 0.268. The molecule has 0 radical (unpaired) electrons. The van der Waals surface area contributed by atoms with Gasteiger partial charge in [0.2, 0.25) is 5.91 Å². The molecule has 0 fully saturated rings. The summed E-state index contributed by atoms with van der Waals surface area (Å²) in [6, 6.07) is 10.4. The average Bonchev–Trinajstić information content (AvgIpc) is 2.83. The van der Waals surface area contributed by atoms with Crippen molar-refractivity contribution in [1.82, 2.24) is 5.32 Å². The molecule has 1 aliphatic carbocycles. The van der Waals surface area contributed by atoms with E-state index in [1.54, 1.807) is 0 Å². The number of halogens is 2. The number of amides is 1. The van der Waals surface area contributed by atoms with Crippen molar-refractivity contribution in [2.45, 2.75) is 18.6 Å². The maximum atomic E-state index is 13.5. The molecule has 23 heavy (non-hydrogen) atoms. The Balaban J connectivity index is 1.74. The van der Waals surface area contributed by atoms with E-state index in [9.17, 15) is 18.7 Å². The number of aliphatic hydroxyl groups excluding tert-OH is 1. The van der Waals surface area contributed by atoms with Gasteiger partial charge in [-0.1, -0.05) is 30.3 Å². The lowest BCUT2D eigenvalue weighted by Gasteiger charge is -2.16. The van der Waals surface area contributed by atoms with Gasteiger partial charge in [-0.05, 0) is 29.3 Å². The topological polar surface area (TPSA) is 49.3 Å². The smallest absolute Gasteiger partial charge is 0.244 e. The van der Waals surface area contributed by atoms with Crippen LogP contribution in [-0.2, 0) is 11.2 Å². The number of benzene rings is 2. The van der Waals surface area contributed by atoms with Gasteiger partial charge < -0.3 is 10.4 Å². The molecule has 3 rings (SSSR count). The molecule has 0 aromatic heterocycles. The lowest BCUT2D eigenvalue weighted by atomic mass is 10.1. The Bertz CT molecular complexity index is 753. The summed E-state index contributed by atoms with van der Waals surface area (Å²) in [5.41, 5.74) is 1.57. The molecule has 0 saturated heterocycles. The van der Waals surface area contributed by atoms with Crippen LogP contribution in [0, 0.1) is 11.6 Å². The number of hydrogen-bond acceptors (Lipinski definition) is 2. The summed E-state index contributed by atoms with van der Waals surface area (Å²) in [7, 11) is 0. The van der Waals surface area contributed by atoms with Crippen molar-refractivity contribution in [2.75, 3.05) is 0 Å². The van der Waals surface area contributed by atoms with Gasteiger partial charge in [-0.25, -0.2) is 8.78 Å². The van der Waals surface area contributed by atoms with E-state index in [4.69, 9.17) is 0 Å². The molecule has 0 bridgehead atoms. The third kappa shape index (κ3) is 3.14. The van der Waals surface area contributed by atoms with Gasteiger partial charge >= 0.3 is 0 Å². The van der Waals surface area contributed by atoms with Gasteiger partial charge in [-0.3, -0.25) is 4.79 Å². The van der Waals surface area contributed by atoms with Crippen molar-refractivity contribution in [2.24, 2.45) is 0 Å². The largest absolute Gasteiger partial charge is 0.390 e. The second-order valence-corrected chi connectivity index (χ2v) is 5.43. The molecule has 3 nitrogen and oxygen atoms in total. The van der Waals surface area contributed by atoms with Crippen molar-refractivity contribution < 1.29 is 18.7 Å². The Morgan fingerprint density at radius 2 is 1.83 bits per heavy atom. The van der Waals surface area contributed by atoms with Crippen LogP contribution in [0.3, 0.4) is 0 Å². The summed E-state index contributed by atoms with van der Waals surface area (Å²) in [6.45, 7) is 0. The summed E-state index contributed by atoms with van der Waals surface area (Å²) in [5, 5.41) is 12.7. The fraction of sp³-hybridized carbons (Fsp3) is 0.167. The molecule has 5 heteroatoms. The zero-order valence-corrected chi connectivity index (χ0v) is 12.2. The molecule has 118 valence electrons. The van der Waals surface area contributed by atoms with Gasteiger partial charge in [0.25, 0.3) is 0 Å². The van der Waals surface area contributed by atoms with Crippen molar-refractivity contribution in [1.29, 1.82) is 0 Å². The first kappa shape index (κ1) is 15.4. The third-order valence-electron chi connectivity index (χ3n) is 3.90. The molecule has 2 N–H and O–H groups in total. The van der Waals surface area contributed by atoms with E-state index >= 15 is 0 Å². The molecule has 0 unspecified atom stereocenters. The van der Waals surface area contributed by atoms with Gasteiger partial charge in [0.15, 0.2) is 0 Å². The Kier molecular flexibility index (Phi) is 4.21. The normalized spacial score (nSPS) is 19.8. The zero-order chi connectivity index (χ0) is 16.4. The minimum Gasteiger partial charge on any atom is -0.390 e. The molecular formula is C18H15F2NO2. The van der Waals surface area contributed by atoms with Gasteiger partial charge in [0.1, 0.15) is 11.6 Å². The lowest BCUT2D eigenvalue weighted by Crippen LogP contribution is -2.32. The van der Waals surface area contributed by atoms with Crippen molar-refractivity contribution in [3.05, 3.63) is 76.9 Å². The number of aliphatic hydroxyl groups is 1. The first-order valence-electron chi connectivity index (χ1n) is 7.24. The monoisotopic (exact) mass is 315 g/mol. The lowest BCUT2D eigenvalue weighted by molar-refractivity contribution is -0.117. The predicted molar refractivity (Wildman–Crippen MR) is 82.4 cm³/mol. The van der Waals surface area contributed by atoms with E-state index in [0.717, 1.165) is 35.4 Å². The molecule has 0 spiro atoms. The summed E-state index contributed by atoms with van der Waals surface area (Å²) in [6.07, 6.45) is 1.91. The first-order chi connectivity index (χ1) is 11.1. The number of carbonyl (C=O) groups excluding carboxylic acids is 1. The van der Waals surface area contributed by atoms with E-state index in [1.807, 2.05) is 24.3 Å². The van der Waals surface area contributed by atoms with E-state index in [0.29, 0.717) is 6.42 Å². The quantitative estimate of drug-likeness (QED) is 0.856. The number of fused-ring (bicyclic) bond motifs is 1. The van der Waals surface area contributed by atoms with Crippen LogP contribution in [0.15, 0.2) is 48.5 Å². The zero-order valence-electron chi connectivity index (χ0n) is 12.2. The Morgan fingerprint density at radius 3 is 2.57 bits per heavy atom. The Labute approximate surface area is 132 Å². The van der Waals surface area contributed by atoms with E-state index in [1.165, 1.54) is 6.07 Å². The third-order valence-corrected chi connectivity index (χ3v) is 3.90. The van der Waals surface area contributed by atoms with Crippen LogP contribution < -0.4 is 5.32 Å². The van der Waals surface area contributed by atoms with Gasteiger partial charge in [-0.2, -0.15) is 0 Å². The van der Waals surface area contributed by atoms with Gasteiger partial charge in [0.05, 0.1) is 12.1 Å². The van der Waals surface area contributed by atoms with E-state index < -0.39 is 29.7 Å². The van der Waals surface area contributed by atoms with Crippen LogP contribution in [0.5, 0.6) is 0 Å². The molecule has 0 aliphatic heterocycles. The SMILES string of the molecule is O=C(/C=C/c1c(F)cccc1F)N[C@H]1c2ccccc2C[C@H]1O. The second-order valence-electron chi connectivity index (χ2n) is 5.43. The first-order valence-corrected chi connectivity index (χ1v) is 7.24. The summed E-state index contributed by atoms with van der Waals surface area (Å²) in [5.74, 6) is -1.99. The van der Waals surface area contributed by atoms with Crippen molar-refractivity contribution >= 4 is 12.0 Å². The maximum Gasteiger partial charge on any atom is 0.244 e. The minimum atomic E-state index is -0.736. The highest BCUT2D eigenvalue weighted by Crippen LogP contribution is 2.31. The highest BCUT2D eigenvalue weighted by molar-refractivity contribution is 5.92. The fourth-order valence-electron chi connectivity index (χ4n) is 2.78. The molecule has 2 aromatic rings. The number of hydrogen-bond donors (Lipinski definition) is 2. The molecular weight excluding hydrogens is 300 g/mol. The highest BCUT2D eigenvalue weighted by Gasteiger charge is 2.31. The molecule has 2 aromatic carbocycles. The molecule has 2 atom stereocenters. The van der Waals surface area contributed by atoms with Crippen molar-refractivity contribution in [3.63, 3.8) is 0 Å². The predicted octanol–water partition coefficient (Wildman–Crippen LogP) is 2.75. The number of carbonyl (C=O) groups is 1.